The van der Waals surface area contributed by atoms with Gasteiger partial charge in [-0.05, 0) is 47.8 Å². The molecule has 0 aromatic carbocycles. The average Bonchev–Trinajstić information content (AvgIpc) is 2.03. The molecule has 3 aliphatic rings. The van der Waals surface area contributed by atoms with Crippen LogP contribution in [0.3, 0.4) is 0 Å². The Labute approximate surface area is 83.1 Å². The van der Waals surface area contributed by atoms with E-state index in [1.807, 2.05) is 0 Å². The van der Waals surface area contributed by atoms with Crippen molar-refractivity contribution in [3.63, 3.8) is 0 Å². The molecule has 0 heteroatoms. The Morgan fingerprint density at radius 1 is 1.15 bits per heavy atom. The van der Waals surface area contributed by atoms with Gasteiger partial charge >= 0.3 is 0 Å². The minimum absolute atomic E-state index is 0.668. The van der Waals surface area contributed by atoms with Gasteiger partial charge in [-0.1, -0.05) is 34.6 Å². The van der Waals surface area contributed by atoms with E-state index in [4.69, 9.17) is 0 Å². The molecule has 0 spiro atoms. The van der Waals surface area contributed by atoms with E-state index >= 15 is 0 Å². The zero-order valence-corrected chi connectivity index (χ0v) is 9.80. The summed E-state index contributed by atoms with van der Waals surface area (Å²) >= 11 is 0. The van der Waals surface area contributed by atoms with Gasteiger partial charge in [0, 0.05) is 0 Å². The average molecular weight is 180 g/mol. The van der Waals surface area contributed by atoms with Crippen molar-refractivity contribution in [1.82, 2.24) is 0 Å². The van der Waals surface area contributed by atoms with Crippen molar-refractivity contribution in [3.8, 4) is 0 Å². The van der Waals surface area contributed by atoms with Crippen LogP contribution in [0, 0.1) is 35.0 Å². The molecule has 0 saturated heterocycles. The van der Waals surface area contributed by atoms with Gasteiger partial charge in [0.15, 0.2) is 0 Å². The van der Waals surface area contributed by atoms with Crippen LogP contribution in [0.15, 0.2) is 0 Å². The molecule has 0 aromatic heterocycles. The highest BCUT2D eigenvalue weighted by Gasteiger charge is 2.56. The summed E-state index contributed by atoms with van der Waals surface area (Å²) in [4.78, 5) is 0. The lowest BCUT2D eigenvalue weighted by molar-refractivity contribution is -0.143. The first-order chi connectivity index (χ1) is 5.94. The minimum atomic E-state index is 0.668. The lowest BCUT2D eigenvalue weighted by Crippen LogP contribution is -2.56. The predicted octanol–water partition coefficient (Wildman–Crippen LogP) is 3.96. The van der Waals surface area contributed by atoms with Crippen molar-refractivity contribution < 1.29 is 0 Å². The lowest BCUT2D eigenvalue weighted by Gasteiger charge is -2.63. The highest BCUT2D eigenvalue weighted by atomic mass is 14.6. The van der Waals surface area contributed by atoms with E-state index in [9.17, 15) is 0 Å². The number of hydrogen-bond acceptors (Lipinski definition) is 0. The molecule has 3 saturated carbocycles. The Morgan fingerprint density at radius 2 is 1.77 bits per heavy atom. The summed E-state index contributed by atoms with van der Waals surface area (Å²) in [6, 6.07) is 0. The summed E-state index contributed by atoms with van der Waals surface area (Å²) in [7, 11) is 0. The van der Waals surface area contributed by atoms with Gasteiger partial charge in [-0.3, -0.25) is 0 Å². The second kappa shape index (κ2) is 2.74. The Bertz CT molecular complexity index is 202. The van der Waals surface area contributed by atoms with Gasteiger partial charge in [-0.15, -0.1) is 0 Å². The minimum Gasteiger partial charge on any atom is -0.0625 e. The fourth-order valence-corrected chi connectivity index (χ4v) is 4.23. The first kappa shape index (κ1) is 9.55. The van der Waals surface area contributed by atoms with Crippen molar-refractivity contribution in [3.05, 3.63) is 0 Å². The normalized spacial score (nSPS) is 47.5. The van der Waals surface area contributed by atoms with E-state index in [1.54, 1.807) is 0 Å². The standard InChI is InChI=1S/C13H24/c1-8(2)12-9(3)6-10-7-11(12)13(10,4)5/h8-12H,6-7H2,1-5H3. The molecule has 0 radical (unpaired) electrons. The van der Waals surface area contributed by atoms with E-state index in [0.29, 0.717) is 5.41 Å². The lowest BCUT2D eigenvalue weighted by atomic mass is 9.42. The molecular weight excluding hydrogens is 156 g/mol. The molecule has 0 nitrogen and oxygen atoms in total. The monoisotopic (exact) mass is 180 g/mol. The van der Waals surface area contributed by atoms with Crippen LogP contribution in [0.25, 0.3) is 0 Å². The number of hydrogen-bond donors (Lipinski definition) is 0. The van der Waals surface area contributed by atoms with Crippen molar-refractivity contribution in [2.24, 2.45) is 35.0 Å². The summed E-state index contributed by atoms with van der Waals surface area (Å²) in [6.07, 6.45) is 3.02. The summed E-state index contributed by atoms with van der Waals surface area (Å²) in [5.41, 5.74) is 0.668. The van der Waals surface area contributed by atoms with Crippen LogP contribution in [-0.4, -0.2) is 0 Å². The highest BCUT2D eigenvalue weighted by molar-refractivity contribution is 5.05. The number of fused-ring (bicyclic) bond motifs is 2. The van der Waals surface area contributed by atoms with Crippen LogP contribution < -0.4 is 0 Å². The van der Waals surface area contributed by atoms with E-state index in [2.05, 4.69) is 34.6 Å². The van der Waals surface area contributed by atoms with E-state index < -0.39 is 0 Å². The number of rotatable bonds is 1. The molecule has 0 N–H and O–H groups in total. The topological polar surface area (TPSA) is 0 Å². The fourth-order valence-electron chi connectivity index (χ4n) is 4.23. The van der Waals surface area contributed by atoms with Gasteiger partial charge < -0.3 is 0 Å². The first-order valence-electron chi connectivity index (χ1n) is 5.94. The molecule has 0 heterocycles. The zero-order valence-electron chi connectivity index (χ0n) is 9.80. The third-order valence-electron chi connectivity index (χ3n) is 5.09. The van der Waals surface area contributed by atoms with Crippen LogP contribution >= 0.6 is 0 Å². The van der Waals surface area contributed by atoms with Gasteiger partial charge in [-0.2, -0.15) is 0 Å². The molecule has 4 unspecified atom stereocenters. The largest absolute Gasteiger partial charge is 0.0625 e. The maximum Gasteiger partial charge on any atom is -0.0294 e. The van der Waals surface area contributed by atoms with E-state index in [-0.39, 0.29) is 0 Å². The summed E-state index contributed by atoms with van der Waals surface area (Å²) in [6.45, 7) is 12.3. The maximum atomic E-state index is 2.49. The fraction of sp³-hybridized carbons (Fsp3) is 1.00. The van der Waals surface area contributed by atoms with Crippen molar-refractivity contribution in [1.29, 1.82) is 0 Å². The first-order valence-corrected chi connectivity index (χ1v) is 5.94. The van der Waals surface area contributed by atoms with Gasteiger partial charge in [0.1, 0.15) is 0 Å². The third-order valence-corrected chi connectivity index (χ3v) is 5.09. The van der Waals surface area contributed by atoms with Gasteiger partial charge in [0.05, 0.1) is 0 Å². The molecule has 3 aliphatic carbocycles. The summed E-state index contributed by atoms with van der Waals surface area (Å²) < 4.78 is 0. The van der Waals surface area contributed by atoms with Crippen LogP contribution in [0.2, 0.25) is 0 Å². The Hall–Kier alpha value is 0. The molecule has 4 atom stereocenters. The van der Waals surface area contributed by atoms with Crippen molar-refractivity contribution in [2.75, 3.05) is 0 Å². The molecule has 3 fully saturated rings. The SMILES string of the molecule is CC(C)C1C(C)CC2CC1C2(C)C. The van der Waals surface area contributed by atoms with Gasteiger partial charge in [-0.25, -0.2) is 0 Å². The molecule has 0 amide bonds. The van der Waals surface area contributed by atoms with Crippen LogP contribution in [0.1, 0.15) is 47.5 Å². The van der Waals surface area contributed by atoms with Gasteiger partial charge in [0.25, 0.3) is 0 Å². The van der Waals surface area contributed by atoms with Crippen LogP contribution in [0.4, 0.5) is 0 Å². The Kier molecular flexibility index (Phi) is 2.02. The van der Waals surface area contributed by atoms with Crippen molar-refractivity contribution >= 4 is 0 Å². The second-order valence-electron chi connectivity index (χ2n) is 6.39. The molecule has 3 rings (SSSR count). The third kappa shape index (κ3) is 1.17. The molecule has 76 valence electrons. The van der Waals surface area contributed by atoms with Crippen LogP contribution in [0.5, 0.6) is 0 Å². The summed E-state index contributed by atoms with van der Waals surface area (Å²) in [5, 5.41) is 0. The molecule has 2 bridgehead atoms. The van der Waals surface area contributed by atoms with E-state index in [0.717, 1.165) is 29.6 Å². The van der Waals surface area contributed by atoms with E-state index in [1.165, 1.54) is 12.8 Å². The molecular formula is C13H24. The summed E-state index contributed by atoms with van der Waals surface area (Å²) in [5.74, 6) is 4.95. The zero-order chi connectivity index (χ0) is 9.80. The Balaban J connectivity index is 2.18. The second-order valence-corrected chi connectivity index (χ2v) is 6.39. The predicted molar refractivity (Wildman–Crippen MR) is 57.5 cm³/mol. The highest BCUT2D eigenvalue weighted by Crippen LogP contribution is 2.64. The Morgan fingerprint density at radius 3 is 2.15 bits per heavy atom. The molecule has 0 aliphatic heterocycles. The quantitative estimate of drug-likeness (QED) is 0.573. The molecule has 13 heavy (non-hydrogen) atoms. The van der Waals surface area contributed by atoms with Crippen LogP contribution in [-0.2, 0) is 0 Å². The maximum absolute atomic E-state index is 2.49. The molecule has 0 aromatic rings. The van der Waals surface area contributed by atoms with Crippen molar-refractivity contribution in [2.45, 2.75) is 47.5 Å². The smallest absolute Gasteiger partial charge is 0.0294 e. The van der Waals surface area contributed by atoms with Gasteiger partial charge in [0.2, 0.25) is 0 Å².